The molecule has 4 N–H and O–H groups in total. The van der Waals surface area contributed by atoms with E-state index in [9.17, 15) is 18.3 Å². The van der Waals surface area contributed by atoms with Crippen molar-refractivity contribution in [2.24, 2.45) is 11.1 Å². The van der Waals surface area contributed by atoms with Gasteiger partial charge in [-0.3, -0.25) is 0 Å². The maximum Gasteiger partial charge on any atom is 0.413 e. The summed E-state index contributed by atoms with van der Waals surface area (Å²) < 4.78 is 44.1. The summed E-state index contributed by atoms with van der Waals surface area (Å²) >= 11 is 0. The predicted octanol–water partition coefficient (Wildman–Crippen LogP) is 3.41. The lowest BCUT2D eigenvalue weighted by Crippen LogP contribution is -2.52. The van der Waals surface area contributed by atoms with E-state index >= 15 is 0 Å². The number of sulfonamides is 1. The van der Waals surface area contributed by atoms with Crippen LogP contribution in [-0.2, 0) is 16.4 Å². The lowest BCUT2D eigenvalue weighted by molar-refractivity contribution is 0.0918. The number of carbonyl (C=O) groups is 1. The van der Waals surface area contributed by atoms with E-state index in [-0.39, 0.29) is 30.2 Å². The van der Waals surface area contributed by atoms with Crippen molar-refractivity contribution < 1.29 is 32.2 Å². The molecule has 212 valence electrons. The standard InChI is InChI=1S/C28H37N3O7S/c1-28(2,14-15-29)20-31(39(34,35)24-11-9-22(36-3)10-12-24)18-26(32)25(17-21-7-5-4-6-8-21)30-27(33)38-23-13-16-37-19-23/h4-13,16,19,25-26,32H,14-15,17-18,20,29H2,1-3H3,(H,30,33)/t25-,26-/m0/s1. The van der Waals surface area contributed by atoms with Crippen molar-refractivity contribution >= 4 is 16.1 Å². The van der Waals surface area contributed by atoms with E-state index in [2.05, 4.69) is 5.32 Å². The van der Waals surface area contributed by atoms with Crippen molar-refractivity contribution in [3.05, 3.63) is 78.8 Å². The summed E-state index contributed by atoms with van der Waals surface area (Å²) in [5.41, 5.74) is 6.16. The molecule has 0 spiro atoms. The number of ether oxygens (including phenoxy) is 2. The molecule has 2 aromatic carbocycles. The monoisotopic (exact) mass is 559 g/mol. The summed E-state index contributed by atoms with van der Waals surface area (Å²) in [6.45, 7) is 4.05. The van der Waals surface area contributed by atoms with Gasteiger partial charge in [0, 0.05) is 19.2 Å². The topological polar surface area (TPSA) is 144 Å². The van der Waals surface area contributed by atoms with Gasteiger partial charge in [0.1, 0.15) is 12.0 Å². The molecule has 1 amide bonds. The van der Waals surface area contributed by atoms with Crippen LogP contribution in [0.3, 0.4) is 0 Å². The van der Waals surface area contributed by atoms with E-state index in [0.717, 1.165) is 5.56 Å². The largest absolute Gasteiger partial charge is 0.497 e. The Morgan fingerprint density at radius 1 is 1.10 bits per heavy atom. The van der Waals surface area contributed by atoms with Crippen LogP contribution in [0.2, 0.25) is 0 Å². The summed E-state index contributed by atoms with van der Waals surface area (Å²) in [6.07, 6.45) is 1.37. The fraction of sp³-hybridized carbons (Fsp3) is 0.393. The van der Waals surface area contributed by atoms with Gasteiger partial charge in [-0.2, -0.15) is 4.31 Å². The number of aliphatic hydroxyl groups excluding tert-OH is 1. The van der Waals surface area contributed by atoms with Crippen LogP contribution in [0.5, 0.6) is 11.5 Å². The molecule has 1 aromatic heterocycles. The van der Waals surface area contributed by atoms with Gasteiger partial charge in [-0.05, 0) is 54.6 Å². The van der Waals surface area contributed by atoms with Gasteiger partial charge in [-0.15, -0.1) is 0 Å². The van der Waals surface area contributed by atoms with E-state index in [1.165, 1.54) is 42.1 Å². The Morgan fingerprint density at radius 2 is 1.79 bits per heavy atom. The summed E-state index contributed by atoms with van der Waals surface area (Å²) in [5, 5.41) is 14.1. The highest BCUT2D eigenvalue weighted by atomic mass is 32.2. The number of hydrogen-bond acceptors (Lipinski definition) is 8. The van der Waals surface area contributed by atoms with E-state index in [1.54, 1.807) is 12.1 Å². The zero-order valence-corrected chi connectivity index (χ0v) is 23.3. The second-order valence-electron chi connectivity index (χ2n) is 10.0. The summed E-state index contributed by atoms with van der Waals surface area (Å²) in [6, 6.07) is 15.9. The number of methoxy groups -OCH3 is 1. The fourth-order valence-corrected chi connectivity index (χ4v) is 5.82. The Morgan fingerprint density at radius 3 is 2.38 bits per heavy atom. The van der Waals surface area contributed by atoms with Crippen LogP contribution >= 0.6 is 0 Å². The molecule has 2 atom stereocenters. The van der Waals surface area contributed by atoms with Gasteiger partial charge in [0.2, 0.25) is 10.0 Å². The highest BCUT2D eigenvalue weighted by Gasteiger charge is 2.34. The maximum absolute atomic E-state index is 13.8. The summed E-state index contributed by atoms with van der Waals surface area (Å²) in [5.74, 6) is 0.722. The first-order valence-corrected chi connectivity index (χ1v) is 14.0. The Kier molecular flexibility index (Phi) is 10.5. The van der Waals surface area contributed by atoms with Gasteiger partial charge in [-0.1, -0.05) is 44.2 Å². The van der Waals surface area contributed by atoms with Crippen LogP contribution in [0, 0.1) is 5.41 Å². The second kappa shape index (κ2) is 13.6. The van der Waals surface area contributed by atoms with E-state index in [4.69, 9.17) is 19.6 Å². The summed E-state index contributed by atoms with van der Waals surface area (Å²) in [4.78, 5) is 12.7. The maximum atomic E-state index is 13.8. The van der Waals surface area contributed by atoms with Crippen LogP contribution in [0.4, 0.5) is 4.79 Å². The molecular formula is C28H37N3O7S. The minimum Gasteiger partial charge on any atom is -0.497 e. The highest BCUT2D eigenvalue weighted by Crippen LogP contribution is 2.27. The van der Waals surface area contributed by atoms with Crippen LogP contribution in [0.1, 0.15) is 25.8 Å². The van der Waals surface area contributed by atoms with Crippen LogP contribution < -0.4 is 20.5 Å². The number of nitrogens with one attached hydrogen (secondary N) is 1. The van der Waals surface area contributed by atoms with Crippen LogP contribution in [-0.4, -0.2) is 62.8 Å². The average molecular weight is 560 g/mol. The second-order valence-corrected chi connectivity index (χ2v) is 12.0. The SMILES string of the molecule is COc1ccc(S(=O)(=O)N(C[C@H](O)[C@H](Cc2ccccc2)NC(=O)Oc2ccoc2)CC(C)(C)CCN)cc1. The lowest BCUT2D eigenvalue weighted by atomic mass is 9.89. The van der Waals surface area contributed by atoms with Gasteiger partial charge >= 0.3 is 6.09 Å². The Hall–Kier alpha value is -3.38. The number of benzene rings is 2. The Labute approximate surface area is 229 Å². The fourth-order valence-electron chi connectivity index (χ4n) is 4.18. The van der Waals surface area contributed by atoms with Gasteiger partial charge in [-0.25, -0.2) is 13.2 Å². The summed E-state index contributed by atoms with van der Waals surface area (Å²) in [7, 11) is -2.53. The van der Waals surface area contributed by atoms with Crippen molar-refractivity contribution in [1.29, 1.82) is 0 Å². The zero-order chi connectivity index (χ0) is 28.5. The molecule has 10 nitrogen and oxygen atoms in total. The first kappa shape index (κ1) is 30.2. The molecule has 3 aromatic rings. The van der Waals surface area contributed by atoms with Crippen molar-refractivity contribution in [1.82, 2.24) is 9.62 Å². The van der Waals surface area contributed by atoms with Gasteiger partial charge < -0.3 is 30.0 Å². The number of nitrogens with two attached hydrogens (primary N) is 1. The molecule has 11 heteroatoms. The van der Waals surface area contributed by atoms with Crippen LogP contribution in [0.25, 0.3) is 0 Å². The molecule has 0 aliphatic rings. The predicted molar refractivity (Wildman–Crippen MR) is 147 cm³/mol. The van der Waals surface area contributed by atoms with Crippen molar-refractivity contribution in [3.8, 4) is 11.5 Å². The number of rotatable bonds is 14. The normalized spacial score (nSPS) is 13.6. The van der Waals surface area contributed by atoms with Gasteiger partial charge in [0.05, 0.1) is 30.4 Å². The Balaban J connectivity index is 1.89. The number of hydrogen-bond donors (Lipinski definition) is 3. The molecule has 0 aliphatic heterocycles. The van der Waals surface area contributed by atoms with Gasteiger partial charge in [0.25, 0.3) is 0 Å². The third-order valence-electron chi connectivity index (χ3n) is 6.29. The molecule has 0 saturated carbocycles. The van der Waals surface area contributed by atoms with Crippen molar-refractivity contribution in [3.63, 3.8) is 0 Å². The molecule has 0 bridgehead atoms. The third-order valence-corrected chi connectivity index (χ3v) is 8.11. The molecule has 0 radical (unpaired) electrons. The van der Waals surface area contributed by atoms with E-state index in [0.29, 0.717) is 18.7 Å². The molecule has 3 rings (SSSR count). The number of nitrogens with zero attached hydrogens (tertiary/aromatic N) is 1. The van der Waals surface area contributed by atoms with Crippen molar-refractivity contribution in [2.75, 3.05) is 26.7 Å². The van der Waals surface area contributed by atoms with Crippen molar-refractivity contribution in [2.45, 2.75) is 43.7 Å². The quantitative estimate of drug-likeness (QED) is 0.273. The minimum atomic E-state index is -4.03. The van der Waals surface area contributed by atoms with Crippen LogP contribution in [0.15, 0.2) is 82.5 Å². The minimum absolute atomic E-state index is 0.0611. The molecule has 39 heavy (non-hydrogen) atoms. The number of amides is 1. The van der Waals surface area contributed by atoms with E-state index in [1.807, 2.05) is 44.2 Å². The molecule has 0 saturated heterocycles. The average Bonchev–Trinajstić information content (AvgIpc) is 3.41. The molecule has 0 fully saturated rings. The first-order valence-electron chi connectivity index (χ1n) is 12.6. The molecular weight excluding hydrogens is 522 g/mol. The highest BCUT2D eigenvalue weighted by molar-refractivity contribution is 7.89. The number of carbonyl (C=O) groups excluding carboxylic acids is 1. The third kappa shape index (κ3) is 8.82. The zero-order valence-electron chi connectivity index (χ0n) is 22.4. The lowest BCUT2D eigenvalue weighted by Gasteiger charge is -2.34. The van der Waals surface area contributed by atoms with E-state index < -0.39 is 33.7 Å². The number of aliphatic hydroxyl groups is 1. The Bertz CT molecular complexity index is 1260. The molecule has 1 heterocycles. The smallest absolute Gasteiger partial charge is 0.413 e. The van der Waals surface area contributed by atoms with Gasteiger partial charge in [0.15, 0.2) is 5.75 Å². The first-order chi connectivity index (χ1) is 18.5. The number of furan rings is 1. The molecule has 0 unspecified atom stereocenters. The molecule has 0 aliphatic carbocycles.